The molecule has 0 saturated carbocycles. The van der Waals surface area contributed by atoms with E-state index >= 15 is 0 Å². The molecule has 8 heteroatoms. The molecule has 0 aliphatic rings. The standard InChI is InChI=1S/C17H16ClF3N4/c1-4-13-22-14-11-7-10(8-24(2)3)5-6-12(11)25(9-17(19,20)21)15(14)16(18)23-13/h4-7H,1,8-9H2,2-3H3. The molecule has 0 radical (unpaired) electrons. The van der Waals surface area contributed by atoms with Crippen LogP contribution in [0.15, 0.2) is 24.8 Å². The van der Waals surface area contributed by atoms with Crippen LogP contribution in [0.4, 0.5) is 13.2 Å². The summed E-state index contributed by atoms with van der Waals surface area (Å²) in [7, 11) is 3.85. The van der Waals surface area contributed by atoms with Gasteiger partial charge in [0.15, 0.2) is 11.0 Å². The molecule has 0 aliphatic heterocycles. The molecule has 1 aromatic carbocycles. The summed E-state index contributed by atoms with van der Waals surface area (Å²) >= 11 is 6.18. The second-order valence-electron chi connectivity index (χ2n) is 6.06. The molecule has 2 aromatic heterocycles. The molecule has 132 valence electrons. The Kier molecular flexibility index (Phi) is 4.47. The van der Waals surface area contributed by atoms with Crippen molar-refractivity contribution in [2.45, 2.75) is 19.3 Å². The number of rotatable bonds is 4. The van der Waals surface area contributed by atoms with Crippen molar-refractivity contribution in [3.63, 3.8) is 0 Å². The minimum atomic E-state index is -4.39. The number of halogens is 4. The molecule has 3 aromatic rings. The maximum atomic E-state index is 13.1. The second kappa shape index (κ2) is 6.31. The molecule has 0 N–H and O–H groups in total. The molecule has 25 heavy (non-hydrogen) atoms. The summed E-state index contributed by atoms with van der Waals surface area (Å²) < 4.78 is 40.4. The third-order valence-electron chi connectivity index (χ3n) is 3.75. The van der Waals surface area contributed by atoms with Crippen LogP contribution in [-0.2, 0) is 13.1 Å². The first-order valence-electron chi connectivity index (χ1n) is 7.52. The number of aromatic nitrogens is 3. The van der Waals surface area contributed by atoms with Crippen LogP contribution in [0.2, 0.25) is 5.15 Å². The monoisotopic (exact) mass is 368 g/mol. The van der Waals surface area contributed by atoms with Crippen molar-refractivity contribution in [2.75, 3.05) is 14.1 Å². The van der Waals surface area contributed by atoms with E-state index in [2.05, 4.69) is 16.5 Å². The van der Waals surface area contributed by atoms with E-state index in [0.717, 1.165) is 10.1 Å². The van der Waals surface area contributed by atoms with E-state index in [9.17, 15) is 13.2 Å². The molecule has 0 fully saturated rings. The van der Waals surface area contributed by atoms with Gasteiger partial charge >= 0.3 is 6.18 Å². The van der Waals surface area contributed by atoms with Gasteiger partial charge in [-0.3, -0.25) is 0 Å². The molecule has 4 nitrogen and oxygen atoms in total. The van der Waals surface area contributed by atoms with Crippen LogP contribution in [0, 0.1) is 0 Å². The van der Waals surface area contributed by atoms with Crippen LogP contribution in [0.1, 0.15) is 11.4 Å². The van der Waals surface area contributed by atoms with Crippen molar-refractivity contribution >= 4 is 39.6 Å². The lowest BCUT2D eigenvalue weighted by Gasteiger charge is -2.12. The van der Waals surface area contributed by atoms with Crippen LogP contribution < -0.4 is 0 Å². The normalized spacial score (nSPS) is 12.4. The Balaban J connectivity index is 2.36. The van der Waals surface area contributed by atoms with Gasteiger partial charge in [-0.2, -0.15) is 13.2 Å². The first kappa shape index (κ1) is 17.7. The second-order valence-corrected chi connectivity index (χ2v) is 6.42. The largest absolute Gasteiger partial charge is 0.406 e. The van der Waals surface area contributed by atoms with Gasteiger partial charge in [-0.05, 0) is 37.9 Å². The molecule has 0 bridgehead atoms. The highest BCUT2D eigenvalue weighted by Gasteiger charge is 2.31. The zero-order valence-electron chi connectivity index (χ0n) is 13.7. The Morgan fingerprint density at radius 1 is 1.28 bits per heavy atom. The summed E-state index contributed by atoms with van der Waals surface area (Å²) in [6, 6.07) is 5.33. The van der Waals surface area contributed by atoms with Crippen molar-refractivity contribution in [1.29, 1.82) is 0 Å². The van der Waals surface area contributed by atoms with Crippen molar-refractivity contribution in [1.82, 2.24) is 19.4 Å². The van der Waals surface area contributed by atoms with Crippen molar-refractivity contribution in [2.24, 2.45) is 0 Å². The zero-order chi connectivity index (χ0) is 18.4. The fraction of sp³-hybridized carbons (Fsp3) is 0.294. The predicted octanol–water partition coefficient (Wildman–Crippen LogP) is 4.50. The number of hydrogen-bond acceptors (Lipinski definition) is 3. The third kappa shape index (κ3) is 3.48. The van der Waals surface area contributed by atoms with Gasteiger partial charge in [-0.25, -0.2) is 9.97 Å². The van der Waals surface area contributed by atoms with Gasteiger partial charge in [0.25, 0.3) is 0 Å². The number of nitrogens with zero attached hydrogens (tertiary/aromatic N) is 4. The van der Waals surface area contributed by atoms with Gasteiger partial charge in [0.05, 0.1) is 5.52 Å². The van der Waals surface area contributed by atoms with E-state index in [1.807, 2.05) is 31.1 Å². The van der Waals surface area contributed by atoms with E-state index < -0.39 is 12.7 Å². The average Bonchev–Trinajstić information content (AvgIpc) is 2.79. The maximum Gasteiger partial charge on any atom is 0.406 e. The molecule has 0 amide bonds. The Bertz CT molecular complexity index is 960. The van der Waals surface area contributed by atoms with Crippen molar-refractivity contribution < 1.29 is 13.2 Å². The Labute approximate surface area is 147 Å². The topological polar surface area (TPSA) is 34.0 Å². The average molecular weight is 369 g/mol. The minimum absolute atomic E-state index is 0.0190. The summed E-state index contributed by atoms with van der Waals surface area (Å²) in [5.41, 5.74) is 1.97. The van der Waals surface area contributed by atoms with Crippen LogP contribution in [0.25, 0.3) is 28.0 Å². The van der Waals surface area contributed by atoms with E-state index in [-0.39, 0.29) is 16.5 Å². The predicted molar refractivity (Wildman–Crippen MR) is 93.6 cm³/mol. The van der Waals surface area contributed by atoms with E-state index in [1.54, 1.807) is 6.07 Å². The minimum Gasteiger partial charge on any atom is -0.327 e. The SMILES string of the molecule is C=Cc1nc(Cl)c2c(n1)c1cc(CN(C)C)ccc1n2CC(F)(F)F. The lowest BCUT2D eigenvalue weighted by atomic mass is 10.1. The summed E-state index contributed by atoms with van der Waals surface area (Å²) in [5.74, 6) is 0.279. The molecule has 0 saturated heterocycles. The Hall–Kier alpha value is -2.12. The highest BCUT2D eigenvalue weighted by molar-refractivity contribution is 6.35. The molecular weight excluding hydrogens is 353 g/mol. The Morgan fingerprint density at radius 2 is 2.00 bits per heavy atom. The highest BCUT2D eigenvalue weighted by atomic mass is 35.5. The van der Waals surface area contributed by atoms with E-state index in [0.29, 0.717) is 23.0 Å². The number of alkyl halides is 3. The zero-order valence-corrected chi connectivity index (χ0v) is 14.5. The van der Waals surface area contributed by atoms with Crippen LogP contribution in [-0.4, -0.2) is 39.7 Å². The van der Waals surface area contributed by atoms with Gasteiger partial charge in [0.1, 0.15) is 17.6 Å². The van der Waals surface area contributed by atoms with Crippen molar-refractivity contribution in [3.8, 4) is 0 Å². The lowest BCUT2D eigenvalue weighted by molar-refractivity contribution is -0.139. The molecule has 0 atom stereocenters. The number of fused-ring (bicyclic) bond motifs is 3. The fourth-order valence-electron chi connectivity index (χ4n) is 2.90. The quantitative estimate of drug-likeness (QED) is 0.636. The summed E-state index contributed by atoms with van der Waals surface area (Å²) in [6.45, 7) is 3.11. The molecule has 3 rings (SSSR count). The van der Waals surface area contributed by atoms with Crippen LogP contribution >= 0.6 is 11.6 Å². The van der Waals surface area contributed by atoms with Gasteiger partial charge in [-0.15, -0.1) is 0 Å². The van der Waals surface area contributed by atoms with Crippen LogP contribution in [0.5, 0.6) is 0 Å². The first-order valence-corrected chi connectivity index (χ1v) is 7.89. The number of hydrogen-bond donors (Lipinski definition) is 0. The van der Waals surface area contributed by atoms with Gasteiger partial charge in [0.2, 0.25) is 0 Å². The van der Waals surface area contributed by atoms with E-state index in [4.69, 9.17) is 11.6 Å². The van der Waals surface area contributed by atoms with E-state index in [1.165, 1.54) is 6.08 Å². The molecule has 0 unspecified atom stereocenters. The molecular formula is C17H16ClF3N4. The smallest absolute Gasteiger partial charge is 0.327 e. The molecule has 2 heterocycles. The Morgan fingerprint density at radius 3 is 2.60 bits per heavy atom. The third-order valence-corrected chi connectivity index (χ3v) is 4.02. The maximum absolute atomic E-state index is 13.1. The van der Waals surface area contributed by atoms with Crippen LogP contribution in [0.3, 0.4) is 0 Å². The highest BCUT2D eigenvalue weighted by Crippen LogP contribution is 2.34. The van der Waals surface area contributed by atoms with Gasteiger partial charge < -0.3 is 9.47 Å². The molecule has 0 aliphatic carbocycles. The van der Waals surface area contributed by atoms with Gasteiger partial charge in [-0.1, -0.05) is 24.2 Å². The summed E-state index contributed by atoms with van der Waals surface area (Å²) in [5, 5.41) is 0.598. The first-order chi connectivity index (χ1) is 11.7. The summed E-state index contributed by atoms with van der Waals surface area (Å²) in [6.07, 6.45) is -2.97. The summed E-state index contributed by atoms with van der Waals surface area (Å²) in [4.78, 5) is 10.3. The lowest BCUT2D eigenvalue weighted by Crippen LogP contribution is -2.17. The van der Waals surface area contributed by atoms with Gasteiger partial charge in [0, 0.05) is 11.9 Å². The number of benzene rings is 1. The van der Waals surface area contributed by atoms with Crippen molar-refractivity contribution in [3.05, 3.63) is 41.3 Å². The molecule has 0 spiro atoms. The fourth-order valence-corrected chi connectivity index (χ4v) is 3.18.